The zero-order chi connectivity index (χ0) is 21.7. The third kappa shape index (κ3) is 5.26. The highest BCUT2D eigenvalue weighted by Gasteiger charge is 2.28. The summed E-state index contributed by atoms with van der Waals surface area (Å²) >= 11 is 0. The van der Waals surface area contributed by atoms with E-state index in [2.05, 4.69) is 10.3 Å². The zero-order valence-corrected chi connectivity index (χ0v) is 17.1. The lowest BCUT2D eigenvalue weighted by atomic mass is 10.1. The van der Waals surface area contributed by atoms with E-state index in [0.29, 0.717) is 18.1 Å². The first kappa shape index (κ1) is 21.1. The number of pyridine rings is 1. The van der Waals surface area contributed by atoms with Crippen LogP contribution in [0.4, 0.5) is 20.7 Å². The third-order valence-corrected chi connectivity index (χ3v) is 4.31. The second kappa shape index (κ2) is 8.82. The molecule has 30 heavy (non-hydrogen) atoms. The Labute approximate surface area is 174 Å². The van der Waals surface area contributed by atoms with E-state index in [1.165, 1.54) is 12.1 Å². The van der Waals surface area contributed by atoms with Crippen LogP contribution in [0.25, 0.3) is 0 Å². The minimum Gasteiger partial charge on any atom is -0.465 e. The van der Waals surface area contributed by atoms with E-state index >= 15 is 0 Å². The Morgan fingerprint density at radius 1 is 1.13 bits per heavy atom. The number of carboxylic acid groups (broad SMARTS) is 1. The van der Waals surface area contributed by atoms with Gasteiger partial charge in [-0.3, -0.25) is 4.90 Å². The fourth-order valence-electron chi connectivity index (χ4n) is 2.98. The fraction of sp³-hybridized carbons (Fsp3) is 0.217. The first-order chi connectivity index (χ1) is 14.2. The van der Waals surface area contributed by atoms with Gasteiger partial charge >= 0.3 is 6.09 Å². The summed E-state index contributed by atoms with van der Waals surface area (Å²) in [6.07, 6.45) is 0.416. The van der Waals surface area contributed by atoms with Gasteiger partial charge in [-0.15, -0.1) is 0 Å². The van der Waals surface area contributed by atoms with Gasteiger partial charge in [0, 0.05) is 30.4 Å². The van der Waals surface area contributed by atoms with Crippen LogP contribution in [-0.2, 0) is 6.54 Å². The quantitative estimate of drug-likeness (QED) is 0.529. The lowest BCUT2D eigenvalue weighted by Gasteiger charge is -2.33. The van der Waals surface area contributed by atoms with Crippen LogP contribution in [0, 0.1) is 5.82 Å². The Morgan fingerprint density at radius 2 is 1.87 bits per heavy atom. The van der Waals surface area contributed by atoms with Crippen LogP contribution in [-0.4, -0.2) is 21.7 Å². The molecule has 0 saturated carbocycles. The van der Waals surface area contributed by atoms with Crippen molar-refractivity contribution in [2.75, 3.05) is 10.2 Å². The monoisotopic (exact) mass is 409 g/mol. The highest BCUT2D eigenvalue weighted by molar-refractivity contribution is 5.87. The van der Waals surface area contributed by atoms with Crippen LogP contribution in [0.15, 0.2) is 66.9 Å². The number of aromatic nitrogens is 1. The van der Waals surface area contributed by atoms with Gasteiger partial charge in [0.1, 0.15) is 11.6 Å². The molecule has 1 heterocycles. The third-order valence-electron chi connectivity index (χ3n) is 4.31. The lowest BCUT2D eigenvalue weighted by Crippen LogP contribution is -2.45. The van der Waals surface area contributed by atoms with Gasteiger partial charge < -0.3 is 15.2 Å². The van der Waals surface area contributed by atoms with Crippen molar-refractivity contribution in [2.45, 2.75) is 32.9 Å². The molecule has 0 fully saturated rings. The van der Waals surface area contributed by atoms with Crippen molar-refractivity contribution >= 4 is 17.6 Å². The predicted molar refractivity (Wildman–Crippen MR) is 115 cm³/mol. The summed E-state index contributed by atoms with van der Waals surface area (Å²) in [7, 11) is 0. The molecule has 0 aliphatic heterocycles. The van der Waals surface area contributed by atoms with Crippen LogP contribution in [0.3, 0.4) is 0 Å². The van der Waals surface area contributed by atoms with E-state index in [4.69, 9.17) is 4.74 Å². The van der Waals surface area contributed by atoms with Crippen molar-refractivity contribution in [1.82, 2.24) is 4.98 Å². The number of halogens is 1. The van der Waals surface area contributed by atoms with Crippen molar-refractivity contribution in [3.8, 4) is 11.5 Å². The van der Waals surface area contributed by atoms with Crippen molar-refractivity contribution < 1.29 is 19.0 Å². The Hall–Kier alpha value is -3.61. The molecule has 0 spiro atoms. The number of nitrogens with zero attached hydrogens (tertiary/aromatic N) is 2. The topological polar surface area (TPSA) is 74.7 Å². The Bertz CT molecular complexity index is 1020. The largest absolute Gasteiger partial charge is 0.465 e. The van der Waals surface area contributed by atoms with E-state index in [0.717, 1.165) is 16.5 Å². The van der Waals surface area contributed by atoms with Gasteiger partial charge in [0.25, 0.3) is 0 Å². The van der Waals surface area contributed by atoms with Gasteiger partial charge in [-0.1, -0.05) is 30.3 Å². The maximum atomic E-state index is 14.6. The number of benzene rings is 2. The highest BCUT2D eigenvalue weighted by Crippen LogP contribution is 2.31. The van der Waals surface area contributed by atoms with E-state index in [1.54, 1.807) is 39.1 Å². The number of anilines is 2. The molecule has 0 radical (unpaired) electrons. The standard InChI is InChI=1S/C23H24FN3O3/c1-23(2,3)27(22(28)29)17-9-10-20(19(24)13-17)30-18-11-12-25-21(14-18)26-15-16-7-5-4-6-8-16/h4-14H,15H2,1-3H3,(H,25,26)(H,28,29). The SMILES string of the molecule is CC(C)(C)N(C(=O)O)c1ccc(Oc2ccnc(NCc3ccccc3)c2)c(F)c1. The van der Waals surface area contributed by atoms with Gasteiger partial charge in [0.05, 0.1) is 5.69 Å². The van der Waals surface area contributed by atoms with Crippen molar-refractivity contribution in [3.05, 3.63) is 78.2 Å². The second-order valence-corrected chi connectivity index (χ2v) is 7.72. The molecule has 3 aromatic rings. The average molecular weight is 409 g/mol. The first-order valence-electron chi connectivity index (χ1n) is 9.48. The summed E-state index contributed by atoms with van der Waals surface area (Å²) in [6.45, 7) is 5.82. The number of carbonyl (C=O) groups is 1. The molecule has 0 saturated heterocycles. The Kier molecular flexibility index (Phi) is 6.20. The minimum absolute atomic E-state index is 0.00166. The van der Waals surface area contributed by atoms with Gasteiger partial charge in [0.15, 0.2) is 11.6 Å². The van der Waals surface area contributed by atoms with Crippen molar-refractivity contribution in [3.63, 3.8) is 0 Å². The Morgan fingerprint density at radius 3 is 2.50 bits per heavy atom. The van der Waals surface area contributed by atoms with Gasteiger partial charge in [-0.25, -0.2) is 14.2 Å². The Balaban J connectivity index is 1.74. The summed E-state index contributed by atoms with van der Waals surface area (Å²) in [6, 6.07) is 17.3. The number of amides is 1. The van der Waals surface area contributed by atoms with E-state index in [1.807, 2.05) is 30.3 Å². The number of hydrogen-bond donors (Lipinski definition) is 2. The van der Waals surface area contributed by atoms with Gasteiger partial charge in [-0.2, -0.15) is 0 Å². The molecule has 1 amide bonds. The molecule has 1 aromatic heterocycles. The van der Waals surface area contributed by atoms with E-state index in [9.17, 15) is 14.3 Å². The summed E-state index contributed by atoms with van der Waals surface area (Å²) in [5, 5.41) is 12.7. The highest BCUT2D eigenvalue weighted by atomic mass is 19.1. The zero-order valence-electron chi connectivity index (χ0n) is 17.1. The molecular formula is C23H24FN3O3. The van der Waals surface area contributed by atoms with E-state index in [-0.39, 0.29) is 11.4 Å². The predicted octanol–water partition coefficient (Wildman–Crippen LogP) is 5.91. The lowest BCUT2D eigenvalue weighted by molar-refractivity contribution is 0.195. The van der Waals surface area contributed by atoms with Crippen LogP contribution in [0.5, 0.6) is 11.5 Å². The normalized spacial score (nSPS) is 11.1. The number of rotatable bonds is 6. The summed E-state index contributed by atoms with van der Waals surface area (Å²) in [4.78, 5) is 16.9. The molecule has 0 atom stereocenters. The molecule has 0 bridgehead atoms. The minimum atomic E-state index is -1.15. The molecule has 7 heteroatoms. The van der Waals surface area contributed by atoms with Crippen LogP contribution in [0.1, 0.15) is 26.3 Å². The average Bonchev–Trinajstić information content (AvgIpc) is 2.68. The molecule has 0 aliphatic carbocycles. The molecule has 3 rings (SSSR count). The number of nitrogens with one attached hydrogen (secondary N) is 1. The molecule has 2 N–H and O–H groups in total. The number of ether oxygens (including phenoxy) is 1. The van der Waals surface area contributed by atoms with Crippen LogP contribution < -0.4 is 15.0 Å². The van der Waals surface area contributed by atoms with Crippen molar-refractivity contribution in [2.24, 2.45) is 0 Å². The summed E-state index contributed by atoms with van der Waals surface area (Å²) in [5.74, 6) is 0.355. The molecular weight excluding hydrogens is 385 g/mol. The molecule has 2 aromatic carbocycles. The molecule has 156 valence electrons. The smallest absolute Gasteiger partial charge is 0.412 e. The first-order valence-corrected chi connectivity index (χ1v) is 9.48. The maximum absolute atomic E-state index is 14.6. The van der Waals surface area contributed by atoms with Crippen LogP contribution >= 0.6 is 0 Å². The van der Waals surface area contributed by atoms with Crippen molar-refractivity contribution in [1.29, 1.82) is 0 Å². The molecule has 6 nitrogen and oxygen atoms in total. The molecule has 0 unspecified atom stereocenters. The summed E-state index contributed by atoms with van der Waals surface area (Å²) < 4.78 is 20.3. The summed E-state index contributed by atoms with van der Waals surface area (Å²) in [5.41, 5.74) is 0.624. The maximum Gasteiger partial charge on any atom is 0.412 e. The van der Waals surface area contributed by atoms with Crippen LogP contribution in [0.2, 0.25) is 0 Å². The second-order valence-electron chi connectivity index (χ2n) is 7.72. The van der Waals surface area contributed by atoms with Gasteiger partial charge in [-0.05, 0) is 44.5 Å². The molecule has 0 aliphatic rings. The van der Waals surface area contributed by atoms with Gasteiger partial charge in [0.2, 0.25) is 0 Å². The fourth-order valence-corrected chi connectivity index (χ4v) is 2.98. The van der Waals surface area contributed by atoms with E-state index < -0.39 is 17.4 Å². The number of hydrogen-bond acceptors (Lipinski definition) is 4.